The third-order valence-corrected chi connectivity index (χ3v) is 5.05. The maximum atomic E-state index is 12.3. The van der Waals surface area contributed by atoms with Gasteiger partial charge in [-0.15, -0.1) is 0 Å². The number of carboxylic acid groups (broad SMARTS) is 1. The van der Waals surface area contributed by atoms with E-state index in [1.807, 2.05) is 0 Å². The van der Waals surface area contributed by atoms with Crippen molar-refractivity contribution in [3.8, 4) is 0 Å². The Morgan fingerprint density at radius 1 is 1.37 bits per heavy atom. The Labute approximate surface area is 158 Å². The van der Waals surface area contributed by atoms with Gasteiger partial charge in [0.1, 0.15) is 6.61 Å². The first-order chi connectivity index (χ1) is 12.5. The van der Waals surface area contributed by atoms with Crippen molar-refractivity contribution in [3.63, 3.8) is 0 Å². The predicted molar refractivity (Wildman–Crippen MR) is 93.7 cm³/mol. The molecule has 2 atom stereocenters. The fourth-order valence-electron chi connectivity index (χ4n) is 2.44. The van der Waals surface area contributed by atoms with Gasteiger partial charge in [0, 0.05) is 18.6 Å². The fourth-order valence-corrected chi connectivity index (χ4v) is 3.92. The van der Waals surface area contributed by atoms with Gasteiger partial charge in [0.25, 0.3) is 15.8 Å². The van der Waals surface area contributed by atoms with E-state index in [0.29, 0.717) is 17.3 Å². The molecule has 1 saturated heterocycles. The average molecular weight is 420 g/mol. The third-order valence-electron chi connectivity index (χ3n) is 3.50. The molecule has 1 amide bonds. The van der Waals surface area contributed by atoms with Crippen molar-refractivity contribution < 1.29 is 37.0 Å². The van der Waals surface area contributed by atoms with Crippen LogP contribution in [0.5, 0.6) is 0 Å². The molecule has 1 aromatic carbocycles. The number of hydrogen-bond acceptors (Lipinski definition) is 9. The van der Waals surface area contributed by atoms with Crippen LogP contribution in [0.2, 0.25) is 0 Å². The maximum Gasteiger partial charge on any atom is 0.411 e. The number of carbonyl (C=O) groups is 2. The lowest BCUT2D eigenvalue weighted by Crippen LogP contribution is -2.35. The van der Waals surface area contributed by atoms with E-state index in [1.54, 1.807) is 0 Å². The molecule has 0 aromatic heterocycles. The van der Waals surface area contributed by atoms with Crippen LogP contribution in [0.15, 0.2) is 24.3 Å². The summed E-state index contributed by atoms with van der Waals surface area (Å²) in [6, 6.07) is 5.37. The Balaban J connectivity index is 2.00. The molecule has 0 aliphatic carbocycles. The Morgan fingerprint density at radius 3 is 2.52 bits per heavy atom. The standard InChI is InChI=1S/C14H16N2O9S2/c1-27(22,23)25-11-6-12(26-14(18)19)15(7-11)13(17)24-8-9-2-4-10(5-3-9)16(20)21/h2-5,11-12H,6-8H2,1H3,(H,18,19)/t11-,12+/m1/s1. The smallest absolute Gasteiger partial charge is 0.411 e. The van der Waals surface area contributed by atoms with Gasteiger partial charge in [-0.2, -0.15) is 8.42 Å². The number of hydrogen-bond donors (Lipinski definition) is 1. The molecule has 1 heterocycles. The highest BCUT2D eigenvalue weighted by Gasteiger charge is 2.40. The van der Waals surface area contributed by atoms with Crippen molar-refractivity contribution >= 4 is 39.0 Å². The first-order valence-electron chi connectivity index (χ1n) is 7.49. The van der Waals surface area contributed by atoms with Gasteiger partial charge in [-0.25, -0.2) is 9.59 Å². The molecule has 13 heteroatoms. The molecule has 1 N–H and O–H groups in total. The summed E-state index contributed by atoms with van der Waals surface area (Å²) in [5.41, 5.74) is 0.392. The van der Waals surface area contributed by atoms with Gasteiger partial charge >= 0.3 is 11.4 Å². The number of ether oxygens (including phenoxy) is 1. The van der Waals surface area contributed by atoms with Crippen molar-refractivity contribution in [2.24, 2.45) is 0 Å². The van der Waals surface area contributed by atoms with Crippen molar-refractivity contribution in [2.75, 3.05) is 12.8 Å². The number of rotatable bonds is 6. The van der Waals surface area contributed by atoms with E-state index >= 15 is 0 Å². The summed E-state index contributed by atoms with van der Waals surface area (Å²) in [5, 5.41) is 17.5. The summed E-state index contributed by atoms with van der Waals surface area (Å²) in [6.07, 6.45) is -0.839. The average Bonchev–Trinajstić information content (AvgIpc) is 2.92. The van der Waals surface area contributed by atoms with E-state index in [0.717, 1.165) is 11.2 Å². The molecule has 1 aliphatic heterocycles. The van der Waals surface area contributed by atoms with E-state index in [1.165, 1.54) is 24.3 Å². The summed E-state index contributed by atoms with van der Waals surface area (Å²) in [4.78, 5) is 34.4. The second-order valence-electron chi connectivity index (χ2n) is 5.63. The minimum atomic E-state index is -3.77. The monoisotopic (exact) mass is 420 g/mol. The van der Waals surface area contributed by atoms with E-state index in [2.05, 4.69) is 0 Å². The quantitative estimate of drug-likeness (QED) is 0.410. The number of nitro benzene ring substituents is 1. The lowest BCUT2D eigenvalue weighted by atomic mass is 10.2. The Bertz CT molecular complexity index is 825. The lowest BCUT2D eigenvalue weighted by Gasteiger charge is -2.21. The fraction of sp³-hybridized carbons (Fsp3) is 0.429. The third kappa shape index (κ3) is 6.37. The van der Waals surface area contributed by atoms with Gasteiger partial charge in [-0.3, -0.25) is 19.2 Å². The van der Waals surface area contributed by atoms with Crippen LogP contribution in [0.25, 0.3) is 0 Å². The number of nitro groups is 1. The highest BCUT2D eigenvalue weighted by atomic mass is 32.2. The first kappa shape index (κ1) is 20.9. The van der Waals surface area contributed by atoms with Crippen molar-refractivity contribution in [2.45, 2.75) is 24.5 Å². The number of benzene rings is 1. The van der Waals surface area contributed by atoms with E-state index in [9.17, 15) is 28.1 Å². The topological polar surface area (TPSA) is 153 Å². The summed E-state index contributed by atoms with van der Waals surface area (Å²) in [7, 11) is -3.77. The van der Waals surface area contributed by atoms with E-state index < -0.39 is 37.9 Å². The molecule has 0 spiro atoms. The Kier molecular flexibility index (Phi) is 6.62. The predicted octanol–water partition coefficient (Wildman–Crippen LogP) is 2.02. The summed E-state index contributed by atoms with van der Waals surface area (Å²) in [6.45, 7) is -0.327. The summed E-state index contributed by atoms with van der Waals surface area (Å²) < 4.78 is 32.5. The molecule has 148 valence electrons. The highest BCUT2D eigenvalue weighted by Crippen LogP contribution is 2.31. The van der Waals surface area contributed by atoms with Crippen LogP contribution < -0.4 is 0 Å². The molecule has 0 bridgehead atoms. The molecule has 0 saturated carbocycles. The maximum absolute atomic E-state index is 12.3. The van der Waals surface area contributed by atoms with Crippen LogP contribution in [-0.4, -0.2) is 59.0 Å². The van der Waals surface area contributed by atoms with Crippen molar-refractivity contribution in [3.05, 3.63) is 39.9 Å². The SMILES string of the molecule is CS(=O)(=O)O[C@@H]1C[C@H](SC(=O)O)N(C(=O)OCc2ccc([N+](=O)[O-])cc2)C1. The lowest BCUT2D eigenvalue weighted by molar-refractivity contribution is -0.384. The number of non-ortho nitro benzene ring substituents is 1. The van der Waals surface area contributed by atoms with Crippen LogP contribution in [-0.2, 0) is 25.6 Å². The molecule has 2 rings (SSSR count). The number of likely N-dealkylation sites (tertiary alicyclic amines) is 1. The second-order valence-corrected chi connectivity index (χ2v) is 8.36. The molecule has 0 unspecified atom stereocenters. The van der Waals surface area contributed by atoms with Crippen LogP contribution in [0.1, 0.15) is 12.0 Å². The molecule has 11 nitrogen and oxygen atoms in total. The van der Waals surface area contributed by atoms with Gasteiger partial charge in [-0.05, 0) is 29.5 Å². The molecular formula is C14H16N2O9S2. The minimum Gasteiger partial charge on any atom is -0.473 e. The van der Waals surface area contributed by atoms with Gasteiger partial charge in [-0.1, -0.05) is 0 Å². The number of carbonyl (C=O) groups excluding carboxylic acids is 1. The Hall–Kier alpha value is -2.38. The van der Waals surface area contributed by atoms with Crippen LogP contribution in [0, 0.1) is 10.1 Å². The van der Waals surface area contributed by atoms with Gasteiger partial charge in [0.2, 0.25) is 0 Å². The zero-order valence-corrected chi connectivity index (χ0v) is 15.6. The molecule has 0 radical (unpaired) electrons. The first-order valence-corrected chi connectivity index (χ1v) is 10.2. The molecule has 27 heavy (non-hydrogen) atoms. The number of nitrogens with zero attached hydrogens (tertiary/aromatic N) is 2. The highest BCUT2D eigenvalue weighted by molar-refractivity contribution is 8.13. The van der Waals surface area contributed by atoms with Crippen LogP contribution in [0.3, 0.4) is 0 Å². The van der Waals surface area contributed by atoms with Crippen LogP contribution in [0.4, 0.5) is 15.3 Å². The van der Waals surface area contributed by atoms with Crippen LogP contribution >= 0.6 is 11.8 Å². The van der Waals surface area contributed by atoms with Gasteiger partial charge < -0.3 is 9.84 Å². The van der Waals surface area contributed by atoms with Crippen molar-refractivity contribution in [1.29, 1.82) is 0 Å². The molecular weight excluding hydrogens is 404 g/mol. The summed E-state index contributed by atoms with van der Waals surface area (Å²) >= 11 is 0.447. The molecule has 1 aromatic rings. The van der Waals surface area contributed by atoms with Crippen molar-refractivity contribution in [1.82, 2.24) is 4.90 Å². The van der Waals surface area contributed by atoms with Gasteiger partial charge in [0.05, 0.1) is 29.2 Å². The second kappa shape index (κ2) is 8.54. The Morgan fingerprint density at radius 2 is 2.00 bits per heavy atom. The normalized spacial score (nSPS) is 19.7. The zero-order chi connectivity index (χ0) is 20.2. The molecule has 1 aliphatic rings. The largest absolute Gasteiger partial charge is 0.473 e. The number of thioether (sulfide) groups is 1. The van der Waals surface area contributed by atoms with Gasteiger partial charge in [0.15, 0.2) is 0 Å². The zero-order valence-electron chi connectivity index (χ0n) is 14.0. The molecule has 1 fully saturated rings. The van der Waals surface area contributed by atoms with E-state index in [4.69, 9.17) is 14.0 Å². The minimum absolute atomic E-state index is 0.0106. The summed E-state index contributed by atoms with van der Waals surface area (Å²) in [5.74, 6) is 0. The van der Waals surface area contributed by atoms with E-state index in [-0.39, 0.29) is 25.3 Å². The number of amides is 1.